The molecule has 0 heterocycles. The summed E-state index contributed by atoms with van der Waals surface area (Å²) in [6.07, 6.45) is 6.56. The molecule has 1 rings (SSSR count). The first-order valence-corrected chi connectivity index (χ1v) is 6.13. The molecule has 69 valence electrons. The Labute approximate surface area is 84.5 Å². The first-order chi connectivity index (χ1) is 5.84. The number of nitrogens with one attached hydrogen (secondary N) is 1. The summed E-state index contributed by atoms with van der Waals surface area (Å²) >= 11 is 4.58. The third-order valence-electron chi connectivity index (χ3n) is 2.49. The molecule has 1 saturated carbocycles. The molecule has 1 N–H and O–H groups in total. The van der Waals surface area contributed by atoms with Crippen LogP contribution in [0.25, 0.3) is 0 Å². The number of thiol groups is 1. The molecule has 3 radical (unpaired) electrons. The van der Waals surface area contributed by atoms with E-state index < -0.39 is 0 Å². The molecule has 0 aliphatic heterocycles. The third kappa shape index (κ3) is 3.50. The van der Waals surface area contributed by atoms with Crippen LogP contribution in [0.2, 0.25) is 6.04 Å². The largest absolute Gasteiger partial charge is 0.313 e. The molecule has 0 bridgehead atoms. The van der Waals surface area contributed by atoms with E-state index in [1.54, 1.807) is 0 Å². The maximum Gasteiger partial charge on any atom is 0.0222 e. The molecule has 0 aromatic heterocycles. The highest BCUT2D eigenvalue weighted by molar-refractivity contribution is 7.81. The molecule has 2 atom stereocenters. The van der Waals surface area contributed by atoms with Crippen LogP contribution in [0.4, 0.5) is 0 Å². The van der Waals surface area contributed by atoms with Crippen LogP contribution in [-0.4, -0.2) is 28.1 Å². The van der Waals surface area contributed by atoms with Crippen LogP contribution in [0.1, 0.15) is 32.1 Å². The highest BCUT2D eigenvalue weighted by Gasteiger charge is 2.20. The SMILES string of the molecule is [Si]CCCNC1CCCCC1S. The highest BCUT2D eigenvalue weighted by Crippen LogP contribution is 2.22. The Bertz CT molecular complexity index is 121. The second-order valence-electron chi connectivity index (χ2n) is 3.52. The minimum absolute atomic E-state index is 0.591. The van der Waals surface area contributed by atoms with Crippen molar-refractivity contribution in [3.63, 3.8) is 0 Å². The van der Waals surface area contributed by atoms with E-state index in [1.807, 2.05) is 0 Å². The van der Waals surface area contributed by atoms with Crippen LogP contribution < -0.4 is 5.32 Å². The van der Waals surface area contributed by atoms with Gasteiger partial charge in [-0.2, -0.15) is 12.6 Å². The van der Waals surface area contributed by atoms with E-state index in [4.69, 9.17) is 0 Å². The third-order valence-corrected chi connectivity index (χ3v) is 3.46. The van der Waals surface area contributed by atoms with E-state index in [0.29, 0.717) is 11.3 Å². The van der Waals surface area contributed by atoms with Crippen molar-refractivity contribution in [1.29, 1.82) is 0 Å². The van der Waals surface area contributed by atoms with Gasteiger partial charge in [-0.1, -0.05) is 18.9 Å². The van der Waals surface area contributed by atoms with Gasteiger partial charge in [-0.15, -0.1) is 0 Å². The van der Waals surface area contributed by atoms with Crippen molar-refractivity contribution in [2.24, 2.45) is 0 Å². The quantitative estimate of drug-likeness (QED) is 0.401. The molecule has 0 amide bonds. The maximum atomic E-state index is 4.58. The van der Waals surface area contributed by atoms with Gasteiger partial charge in [0.25, 0.3) is 0 Å². The summed E-state index contributed by atoms with van der Waals surface area (Å²) in [6.45, 7) is 1.13. The Morgan fingerprint density at radius 1 is 1.33 bits per heavy atom. The average molecular weight is 200 g/mol. The molecule has 3 heteroatoms. The van der Waals surface area contributed by atoms with Crippen molar-refractivity contribution in [2.75, 3.05) is 6.54 Å². The van der Waals surface area contributed by atoms with Crippen molar-refractivity contribution >= 4 is 22.9 Å². The fourth-order valence-corrected chi connectivity index (χ4v) is 2.34. The lowest BCUT2D eigenvalue weighted by atomic mass is 9.95. The minimum Gasteiger partial charge on any atom is -0.313 e. The molecule has 0 spiro atoms. The van der Waals surface area contributed by atoms with E-state index in [9.17, 15) is 0 Å². The van der Waals surface area contributed by atoms with E-state index in [1.165, 1.54) is 32.1 Å². The van der Waals surface area contributed by atoms with E-state index in [2.05, 4.69) is 28.2 Å². The zero-order valence-electron chi connectivity index (χ0n) is 7.55. The Morgan fingerprint density at radius 3 is 2.75 bits per heavy atom. The van der Waals surface area contributed by atoms with Crippen molar-refractivity contribution in [1.82, 2.24) is 5.32 Å². The summed E-state index contributed by atoms with van der Waals surface area (Å²) in [5.41, 5.74) is 0. The van der Waals surface area contributed by atoms with Crippen molar-refractivity contribution in [3.8, 4) is 0 Å². The monoisotopic (exact) mass is 200 g/mol. The van der Waals surface area contributed by atoms with Gasteiger partial charge in [-0.3, -0.25) is 0 Å². The Kier molecular flexibility index (Phi) is 5.35. The van der Waals surface area contributed by atoms with Crippen molar-refractivity contribution in [3.05, 3.63) is 0 Å². The minimum atomic E-state index is 0.591. The summed E-state index contributed by atoms with van der Waals surface area (Å²) in [7, 11) is 3.47. The summed E-state index contributed by atoms with van der Waals surface area (Å²) < 4.78 is 0. The van der Waals surface area contributed by atoms with Gasteiger partial charge < -0.3 is 5.32 Å². The van der Waals surface area contributed by atoms with Gasteiger partial charge in [0.1, 0.15) is 0 Å². The fourth-order valence-electron chi connectivity index (χ4n) is 1.73. The van der Waals surface area contributed by atoms with E-state index in [-0.39, 0.29) is 0 Å². The van der Waals surface area contributed by atoms with Gasteiger partial charge in [0.15, 0.2) is 0 Å². The highest BCUT2D eigenvalue weighted by atomic mass is 32.1. The van der Waals surface area contributed by atoms with Gasteiger partial charge in [0.05, 0.1) is 0 Å². The standard InChI is InChI=1S/C9H18NSSi/c11-9-5-2-1-4-8(9)10-6-3-7-12/h8-11H,1-7H2. The lowest BCUT2D eigenvalue weighted by molar-refractivity contribution is 0.386. The Morgan fingerprint density at radius 2 is 2.08 bits per heavy atom. The van der Waals surface area contributed by atoms with Crippen LogP contribution >= 0.6 is 12.6 Å². The second kappa shape index (κ2) is 6.05. The van der Waals surface area contributed by atoms with Gasteiger partial charge in [-0.25, -0.2) is 0 Å². The second-order valence-corrected chi connectivity index (χ2v) is 4.68. The lowest BCUT2D eigenvalue weighted by Crippen LogP contribution is -2.39. The first kappa shape index (κ1) is 10.6. The molecule has 0 aromatic carbocycles. The summed E-state index contributed by atoms with van der Waals surface area (Å²) in [4.78, 5) is 0. The number of hydrogen-bond acceptors (Lipinski definition) is 2. The molecule has 0 aromatic rings. The van der Waals surface area contributed by atoms with E-state index in [0.717, 1.165) is 12.6 Å². The maximum absolute atomic E-state index is 4.58. The summed E-state index contributed by atoms with van der Waals surface area (Å²) in [5, 5.41) is 4.16. The molecule has 1 aliphatic rings. The number of hydrogen-bond donors (Lipinski definition) is 2. The Hall–Kier alpha value is 0.527. The van der Waals surface area contributed by atoms with Gasteiger partial charge >= 0.3 is 0 Å². The predicted molar refractivity (Wildman–Crippen MR) is 58.2 cm³/mol. The smallest absolute Gasteiger partial charge is 0.0222 e. The van der Waals surface area contributed by atoms with Gasteiger partial charge in [0, 0.05) is 21.5 Å². The normalized spacial score (nSPS) is 30.5. The zero-order valence-corrected chi connectivity index (χ0v) is 9.45. The molecule has 2 unspecified atom stereocenters. The van der Waals surface area contributed by atoms with Crippen LogP contribution in [-0.2, 0) is 0 Å². The zero-order chi connectivity index (χ0) is 8.81. The predicted octanol–water partition coefficient (Wildman–Crippen LogP) is 1.79. The number of rotatable bonds is 4. The molecular formula is C9H18NSSi. The molecule has 0 saturated heterocycles. The molecule has 12 heavy (non-hydrogen) atoms. The van der Waals surface area contributed by atoms with Gasteiger partial charge in [0.2, 0.25) is 0 Å². The van der Waals surface area contributed by atoms with Crippen LogP contribution in [0, 0.1) is 0 Å². The summed E-state index contributed by atoms with van der Waals surface area (Å²) in [5.74, 6) is 0. The van der Waals surface area contributed by atoms with Crippen LogP contribution in [0.5, 0.6) is 0 Å². The lowest BCUT2D eigenvalue weighted by Gasteiger charge is -2.28. The Balaban J connectivity index is 2.11. The van der Waals surface area contributed by atoms with Crippen LogP contribution in [0.3, 0.4) is 0 Å². The fraction of sp³-hybridized carbons (Fsp3) is 1.00. The van der Waals surface area contributed by atoms with Crippen molar-refractivity contribution < 1.29 is 0 Å². The van der Waals surface area contributed by atoms with Gasteiger partial charge in [-0.05, 0) is 25.8 Å². The topological polar surface area (TPSA) is 12.0 Å². The average Bonchev–Trinajstić information content (AvgIpc) is 2.09. The molecular weight excluding hydrogens is 182 g/mol. The van der Waals surface area contributed by atoms with E-state index >= 15 is 0 Å². The molecule has 1 aliphatic carbocycles. The molecule has 1 nitrogen and oxygen atoms in total. The first-order valence-electron chi connectivity index (χ1n) is 4.90. The molecule has 1 fully saturated rings. The van der Waals surface area contributed by atoms with Crippen molar-refractivity contribution in [2.45, 2.75) is 49.4 Å². The summed E-state index contributed by atoms with van der Waals surface area (Å²) in [6, 6.07) is 1.76. The van der Waals surface area contributed by atoms with Crippen LogP contribution in [0.15, 0.2) is 0 Å².